The van der Waals surface area contributed by atoms with Crippen LogP contribution in [0.3, 0.4) is 0 Å². The van der Waals surface area contributed by atoms with Gasteiger partial charge >= 0.3 is 0 Å². The first kappa shape index (κ1) is 27.4. The normalized spacial score (nSPS) is 49.1. The van der Waals surface area contributed by atoms with Gasteiger partial charge in [0, 0.05) is 29.1 Å². The van der Waals surface area contributed by atoms with E-state index in [1.165, 1.54) is 18.9 Å². The fourth-order valence-corrected chi connectivity index (χ4v) is 10.4. The lowest BCUT2D eigenvalue weighted by Crippen LogP contribution is -2.69. The van der Waals surface area contributed by atoms with Gasteiger partial charge in [-0.3, -0.25) is 14.5 Å². The van der Waals surface area contributed by atoms with E-state index in [2.05, 4.69) is 11.8 Å². The predicted octanol–water partition coefficient (Wildman–Crippen LogP) is 5.08. The molecule has 3 saturated carbocycles. The number of aliphatic hydroxyl groups is 1. The molecule has 5 aliphatic carbocycles. The number of ketones is 2. The molecule has 9 atom stereocenters. The number of halogens is 1. The molecule has 0 unspecified atom stereocenters. The van der Waals surface area contributed by atoms with E-state index in [1.807, 2.05) is 13.0 Å². The van der Waals surface area contributed by atoms with Crippen LogP contribution < -0.4 is 0 Å². The number of Topliss-reactive ketones (excluding diaryl/α,β-unsaturated/α-hetero) is 1. The molecule has 7 rings (SSSR count). The summed E-state index contributed by atoms with van der Waals surface area (Å²) in [5, 5.41) is 11.9. The van der Waals surface area contributed by atoms with Crippen LogP contribution in [0, 0.1) is 28.6 Å². The summed E-state index contributed by atoms with van der Waals surface area (Å²) in [5.74, 6) is -0.349. The lowest BCUT2D eigenvalue weighted by Gasteiger charge is -2.62. The van der Waals surface area contributed by atoms with Crippen molar-refractivity contribution < 1.29 is 28.6 Å². The molecule has 5 fully saturated rings. The molecule has 0 aromatic carbocycles. The summed E-state index contributed by atoms with van der Waals surface area (Å²) in [7, 11) is 0. The lowest BCUT2D eigenvalue weighted by atomic mass is 9.45. The van der Waals surface area contributed by atoms with E-state index in [0.29, 0.717) is 19.4 Å². The highest BCUT2D eigenvalue weighted by Crippen LogP contribution is 2.71. The van der Waals surface area contributed by atoms with Gasteiger partial charge in [0.2, 0.25) is 0 Å². The van der Waals surface area contributed by atoms with Gasteiger partial charge < -0.3 is 14.6 Å². The number of hydrogen-bond donors (Lipinski definition) is 1. The van der Waals surface area contributed by atoms with Gasteiger partial charge in [-0.15, -0.1) is 0 Å². The van der Waals surface area contributed by atoms with Crippen molar-refractivity contribution >= 4 is 11.6 Å². The highest BCUT2D eigenvalue weighted by molar-refractivity contribution is 5.94. The number of nitrogens with zero attached hydrogens (tertiary/aromatic N) is 1. The first-order valence-corrected chi connectivity index (χ1v) is 16.0. The van der Waals surface area contributed by atoms with Crippen LogP contribution in [0.2, 0.25) is 0 Å². The van der Waals surface area contributed by atoms with E-state index >= 15 is 4.39 Å². The number of ether oxygens (including phenoxy) is 2. The number of hydrogen-bond acceptors (Lipinski definition) is 6. The molecule has 220 valence electrons. The van der Waals surface area contributed by atoms with Crippen molar-refractivity contribution in [2.45, 2.75) is 121 Å². The summed E-state index contributed by atoms with van der Waals surface area (Å²) in [5.41, 5.74) is -4.11. The van der Waals surface area contributed by atoms with Gasteiger partial charge in [-0.1, -0.05) is 50.3 Å². The second kappa shape index (κ2) is 9.55. The Morgan fingerprint density at radius 1 is 1.10 bits per heavy atom. The molecule has 0 spiro atoms. The number of alkyl halides is 1. The van der Waals surface area contributed by atoms with Crippen LogP contribution in [-0.4, -0.2) is 71.0 Å². The molecule has 2 aliphatic heterocycles. The van der Waals surface area contributed by atoms with Gasteiger partial charge in [0.05, 0.1) is 18.8 Å². The highest BCUT2D eigenvalue weighted by atomic mass is 19.1. The fourth-order valence-electron chi connectivity index (χ4n) is 10.4. The van der Waals surface area contributed by atoms with E-state index < -0.39 is 46.5 Å². The maximum Gasteiger partial charge on any atom is 0.181 e. The Bertz CT molecular complexity index is 1130. The molecule has 0 amide bonds. The summed E-state index contributed by atoms with van der Waals surface area (Å²) >= 11 is 0. The molecule has 7 heteroatoms. The minimum Gasteiger partial charge on any atom is -0.390 e. The number of aliphatic hydroxyl groups excluding tert-OH is 1. The number of allylic oxidation sites excluding steroid dienone is 4. The molecule has 0 bridgehead atoms. The van der Waals surface area contributed by atoms with Crippen LogP contribution in [0.1, 0.15) is 90.9 Å². The Morgan fingerprint density at radius 3 is 2.58 bits per heavy atom. The van der Waals surface area contributed by atoms with Crippen molar-refractivity contribution in [3.05, 3.63) is 23.8 Å². The third kappa shape index (κ3) is 3.59. The quantitative estimate of drug-likeness (QED) is 0.488. The molecule has 1 N–H and O–H groups in total. The fraction of sp³-hybridized carbons (Fsp3) is 0.818. The SMILES string of the molecule is C[C@]12C=CC(=O)CC1=CC[C@H]1[C@@H]3C[C@H]4O[C@@H](C5CCCCC5)O[C@@]4(C(=O)CN4CCCCC4)[C@@]3(C)C[C@H](O)[C@@]12F. The van der Waals surface area contributed by atoms with Gasteiger partial charge in [0.1, 0.15) is 0 Å². The van der Waals surface area contributed by atoms with Crippen molar-refractivity contribution in [1.29, 1.82) is 0 Å². The van der Waals surface area contributed by atoms with Crippen LogP contribution in [0.25, 0.3) is 0 Å². The molecule has 0 radical (unpaired) electrons. The first-order valence-electron chi connectivity index (χ1n) is 16.0. The zero-order valence-corrected chi connectivity index (χ0v) is 24.2. The largest absolute Gasteiger partial charge is 0.390 e. The number of piperidine rings is 1. The average Bonchev–Trinajstić information content (AvgIpc) is 3.45. The molecular formula is C33H46FNO5. The second-order valence-electron chi connectivity index (χ2n) is 14.5. The third-order valence-electron chi connectivity index (χ3n) is 12.6. The average molecular weight is 556 g/mol. The summed E-state index contributed by atoms with van der Waals surface area (Å²) in [6, 6.07) is 0. The Hall–Kier alpha value is -1.41. The lowest BCUT2D eigenvalue weighted by molar-refractivity contribution is -0.232. The molecule has 2 heterocycles. The molecule has 6 nitrogen and oxygen atoms in total. The standard InChI is InChI=1S/C33H46FNO5/c1-30-14-13-23(36)17-22(30)11-12-24-25-18-28-33(27(38)20-35-15-7-4-8-16-35,31(25,2)19-26(37)32(24,30)34)40-29(39-28)21-9-5-3-6-10-21/h11,13-14,21,24-26,28-29,37H,3-10,12,15-20H2,1-2H3/t24-,25-,26-,28+,29+,30-,31-,32-,33+/m0/s1. The zero-order chi connectivity index (χ0) is 27.9. The summed E-state index contributed by atoms with van der Waals surface area (Å²) in [6.45, 7) is 6.08. The number of fused-ring (bicyclic) bond motifs is 7. The van der Waals surface area contributed by atoms with Crippen LogP contribution in [-0.2, 0) is 19.1 Å². The molecule has 0 aromatic heterocycles. The molecular weight excluding hydrogens is 509 g/mol. The van der Waals surface area contributed by atoms with Gasteiger partial charge in [0.25, 0.3) is 0 Å². The van der Waals surface area contributed by atoms with E-state index in [9.17, 15) is 14.7 Å². The minimum atomic E-state index is -1.92. The molecule has 2 saturated heterocycles. The van der Waals surface area contributed by atoms with E-state index in [1.54, 1.807) is 6.08 Å². The predicted molar refractivity (Wildman–Crippen MR) is 148 cm³/mol. The maximum atomic E-state index is 17.7. The van der Waals surface area contributed by atoms with Gasteiger partial charge in [-0.2, -0.15) is 0 Å². The second-order valence-corrected chi connectivity index (χ2v) is 14.5. The van der Waals surface area contributed by atoms with Crippen molar-refractivity contribution in [1.82, 2.24) is 4.90 Å². The Balaban J connectivity index is 1.27. The molecule has 0 aromatic rings. The van der Waals surface area contributed by atoms with Crippen molar-refractivity contribution in [3.63, 3.8) is 0 Å². The van der Waals surface area contributed by atoms with E-state index in [0.717, 1.165) is 57.2 Å². The smallest absolute Gasteiger partial charge is 0.181 e. The summed E-state index contributed by atoms with van der Waals surface area (Å²) in [4.78, 5) is 29.1. The summed E-state index contributed by atoms with van der Waals surface area (Å²) in [6.07, 6.45) is 13.5. The Labute approximate surface area is 237 Å². The molecule has 40 heavy (non-hydrogen) atoms. The number of carbonyl (C=O) groups excluding carboxylic acids is 2. The zero-order valence-electron chi connectivity index (χ0n) is 24.2. The number of carbonyl (C=O) groups is 2. The topological polar surface area (TPSA) is 76.1 Å². The van der Waals surface area contributed by atoms with Crippen molar-refractivity contribution in [2.75, 3.05) is 19.6 Å². The Morgan fingerprint density at radius 2 is 1.82 bits per heavy atom. The number of likely N-dealkylation sites (tertiary alicyclic amines) is 1. The van der Waals surface area contributed by atoms with Gasteiger partial charge in [-0.25, -0.2) is 4.39 Å². The van der Waals surface area contributed by atoms with Crippen LogP contribution in [0.5, 0.6) is 0 Å². The molecule has 7 aliphatic rings. The third-order valence-corrected chi connectivity index (χ3v) is 12.6. The number of rotatable bonds is 4. The minimum absolute atomic E-state index is 0.0193. The van der Waals surface area contributed by atoms with Crippen molar-refractivity contribution in [3.8, 4) is 0 Å². The van der Waals surface area contributed by atoms with E-state index in [4.69, 9.17) is 9.47 Å². The highest BCUT2D eigenvalue weighted by Gasteiger charge is 2.79. The van der Waals surface area contributed by atoms with Crippen LogP contribution in [0.4, 0.5) is 4.39 Å². The van der Waals surface area contributed by atoms with Gasteiger partial charge in [0.15, 0.2) is 29.1 Å². The van der Waals surface area contributed by atoms with Crippen LogP contribution >= 0.6 is 0 Å². The van der Waals surface area contributed by atoms with Crippen LogP contribution in [0.15, 0.2) is 23.8 Å². The van der Waals surface area contributed by atoms with Crippen molar-refractivity contribution in [2.24, 2.45) is 28.6 Å². The first-order chi connectivity index (χ1) is 19.1. The van der Waals surface area contributed by atoms with Gasteiger partial charge in [-0.05, 0) is 77.0 Å². The maximum absolute atomic E-state index is 17.7. The monoisotopic (exact) mass is 555 g/mol. The van der Waals surface area contributed by atoms with E-state index in [-0.39, 0.29) is 36.2 Å². The Kier molecular flexibility index (Phi) is 6.55. The summed E-state index contributed by atoms with van der Waals surface area (Å²) < 4.78 is 31.4.